The Morgan fingerprint density at radius 3 is 3.06 bits per heavy atom. The Hall–Kier alpha value is -2.71. The number of nitrogens with one attached hydrogen (secondary N) is 2. The molecule has 2 heterocycles. The van der Waals surface area contributed by atoms with Gasteiger partial charge in [-0.2, -0.15) is 5.21 Å². The number of esters is 1. The van der Waals surface area contributed by atoms with Crippen molar-refractivity contribution in [2.75, 3.05) is 17.7 Å². The standard InChI is InChI=1S/C9H11N7O2/c1-2-18-9(17)7-8(15-16-14-7)13-6-4-11-3-5(10)12-6/h3-4H,2H2,1H3,(H4,10,12,13,14,15,16). The number of hydrogen-bond donors (Lipinski definition) is 3. The van der Waals surface area contributed by atoms with Crippen LogP contribution in [-0.2, 0) is 4.74 Å². The van der Waals surface area contributed by atoms with Gasteiger partial charge in [-0.05, 0) is 6.92 Å². The molecule has 0 radical (unpaired) electrons. The maximum absolute atomic E-state index is 11.5. The maximum Gasteiger partial charge on any atom is 0.362 e. The molecule has 0 spiro atoms. The van der Waals surface area contributed by atoms with E-state index in [0.717, 1.165) is 0 Å². The van der Waals surface area contributed by atoms with Gasteiger partial charge in [0.25, 0.3) is 0 Å². The molecular weight excluding hydrogens is 238 g/mol. The van der Waals surface area contributed by atoms with Crippen LogP contribution < -0.4 is 11.1 Å². The fraction of sp³-hybridized carbons (Fsp3) is 0.222. The molecule has 0 amide bonds. The van der Waals surface area contributed by atoms with Crippen molar-refractivity contribution in [1.82, 2.24) is 25.4 Å². The molecule has 4 N–H and O–H groups in total. The third-order valence-corrected chi connectivity index (χ3v) is 1.92. The lowest BCUT2D eigenvalue weighted by Crippen LogP contribution is -2.08. The van der Waals surface area contributed by atoms with Crippen LogP contribution in [0, 0.1) is 0 Å². The van der Waals surface area contributed by atoms with Crippen LogP contribution in [0.5, 0.6) is 0 Å². The Labute approximate surface area is 102 Å². The number of rotatable bonds is 4. The van der Waals surface area contributed by atoms with E-state index in [0.29, 0.717) is 5.82 Å². The molecule has 2 rings (SSSR count). The lowest BCUT2D eigenvalue weighted by molar-refractivity contribution is 0.0520. The van der Waals surface area contributed by atoms with Gasteiger partial charge in [0.2, 0.25) is 5.69 Å². The second-order valence-corrected chi connectivity index (χ2v) is 3.20. The van der Waals surface area contributed by atoms with E-state index in [1.54, 1.807) is 6.92 Å². The lowest BCUT2D eigenvalue weighted by atomic mass is 10.4. The van der Waals surface area contributed by atoms with Crippen LogP contribution in [0.3, 0.4) is 0 Å². The van der Waals surface area contributed by atoms with Gasteiger partial charge in [-0.1, -0.05) is 0 Å². The molecule has 0 saturated carbocycles. The van der Waals surface area contributed by atoms with Gasteiger partial charge in [-0.25, -0.2) is 9.78 Å². The molecule has 2 aromatic heterocycles. The predicted octanol–water partition coefficient (Wildman–Crippen LogP) is 0.0972. The minimum Gasteiger partial charge on any atom is -0.461 e. The van der Waals surface area contributed by atoms with Crippen LogP contribution in [0.4, 0.5) is 17.5 Å². The van der Waals surface area contributed by atoms with Gasteiger partial charge in [0.15, 0.2) is 11.6 Å². The number of nitrogen functional groups attached to an aromatic ring is 1. The first-order valence-corrected chi connectivity index (χ1v) is 5.13. The van der Waals surface area contributed by atoms with E-state index in [1.165, 1.54) is 12.4 Å². The summed E-state index contributed by atoms with van der Waals surface area (Å²) in [5, 5.41) is 12.6. The van der Waals surface area contributed by atoms with Gasteiger partial charge in [0.05, 0.1) is 19.0 Å². The first kappa shape index (κ1) is 11.8. The smallest absolute Gasteiger partial charge is 0.362 e. The number of carbonyl (C=O) groups excluding carboxylic acids is 1. The van der Waals surface area contributed by atoms with E-state index < -0.39 is 5.97 Å². The van der Waals surface area contributed by atoms with E-state index in [4.69, 9.17) is 10.5 Å². The fourth-order valence-electron chi connectivity index (χ4n) is 1.22. The number of ether oxygens (including phenoxy) is 1. The lowest BCUT2D eigenvalue weighted by Gasteiger charge is -2.03. The Morgan fingerprint density at radius 1 is 1.50 bits per heavy atom. The molecule has 0 aromatic carbocycles. The average molecular weight is 249 g/mol. The molecule has 0 unspecified atom stereocenters. The number of aromatic amines is 1. The Morgan fingerprint density at radius 2 is 2.33 bits per heavy atom. The SMILES string of the molecule is CCOC(=O)c1n[nH]nc1Nc1cncc(N)n1. The summed E-state index contributed by atoms with van der Waals surface area (Å²) in [6.45, 7) is 1.96. The molecule has 0 bridgehead atoms. The zero-order valence-electron chi connectivity index (χ0n) is 9.54. The highest BCUT2D eigenvalue weighted by atomic mass is 16.5. The van der Waals surface area contributed by atoms with Gasteiger partial charge in [0.1, 0.15) is 5.82 Å². The first-order chi connectivity index (χ1) is 8.70. The summed E-state index contributed by atoms with van der Waals surface area (Å²) in [7, 11) is 0. The first-order valence-electron chi connectivity index (χ1n) is 5.13. The van der Waals surface area contributed by atoms with Gasteiger partial charge in [-0.3, -0.25) is 4.98 Å². The highest BCUT2D eigenvalue weighted by molar-refractivity contribution is 5.92. The van der Waals surface area contributed by atoms with Gasteiger partial charge >= 0.3 is 5.97 Å². The van der Waals surface area contributed by atoms with E-state index in [1.807, 2.05) is 0 Å². The van der Waals surface area contributed by atoms with Crippen molar-refractivity contribution in [3.63, 3.8) is 0 Å². The molecule has 0 fully saturated rings. The van der Waals surface area contributed by atoms with E-state index in [-0.39, 0.29) is 23.9 Å². The van der Waals surface area contributed by atoms with Crippen LogP contribution in [0.2, 0.25) is 0 Å². The second-order valence-electron chi connectivity index (χ2n) is 3.20. The summed E-state index contributed by atoms with van der Waals surface area (Å²) >= 11 is 0. The highest BCUT2D eigenvalue weighted by Gasteiger charge is 2.18. The van der Waals surface area contributed by atoms with E-state index >= 15 is 0 Å². The van der Waals surface area contributed by atoms with Crippen LogP contribution in [0.25, 0.3) is 0 Å². The quantitative estimate of drug-likeness (QED) is 0.650. The zero-order valence-corrected chi connectivity index (χ0v) is 9.54. The summed E-state index contributed by atoms with van der Waals surface area (Å²) in [5.74, 6) is 0.231. The van der Waals surface area contributed by atoms with Crippen LogP contribution in [0.1, 0.15) is 17.4 Å². The molecular formula is C9H11N7O2. The number of carbonyl (C=O) groups is 1. The molecule has 0 aliphatic heterocycles. The maximum atomic E-state index is 11.5. The third-order valence-electron chi connectivity index (χ3n) is 1.92. The molecule has 9 nitrogen and oxygen atoms in total. The summed E-state index contributed by atoms with van der Waals surface area (Å²) in [6.07, 6.45) is 2.85. The Kier molecular flexibility index (Phi) is 3.32. The van der Waals surface area contributed by atoms with Crippen molar-refractivity contribution < 1.29 is 9.53 Å². The van der Waals surface area contributed by atoms with Crippen molar-refractivity contribution in [2.45, 2.75) is 6.92 Å². The average Bonchev–Trinajstić information content (AvgIpc) is 2.77. The normalized spacial score (nSPS) is 10.1. The molecule has 94 valence electrons. The van der Waals surface area contributed by atoms with Crippen LogP contribution in [0.15, 0.2) is 12.4 Å². The number of nitrogens with zero attached hydrogens (tertiary/aromatic N) is 4. The second kappa shape index (κ2) is 5.08. The zero-order chi connectivity index (χ0) is 13.0. The van der Waals surface area contributed by atoms with E-state index in [9.17, 15) is 4.79 Å². The number of H-pyrrole nitrogens is 1. The number of hydrogen-bond acceptors (Lipinski definition) is 8. The Bertz CT molecular complexity index is 553. The number of aromatic nitrogens is 5. The predicted molar refractivity (Wildman–Crippen MR) is 62.1 cm³/mol. The fourth-order valence-corrected chi connectivity index (χ4v) is 1.22. The molecule has 2 aromatic rings. The molecule has 0 atom stereocenters. The number of anilines is 3. The molecule has 18 heavy (non-hydrogen) atoms. The summed E-state index contributed by atoms with van der Waals surface area (Å²) in [6, 6.07) is 0. The minimum absolute atomic E-state index is 0.0427. The van der Waals surface area contributed by atoms with Crippen molar-refractivity contribution >= 4 is 23.4 Å². The van der Waals surface area contributed by atoms with Crippen LogP contribution in [-0.4, -0.2) is 38.0 Å². The topological polar surface area (TPSA) is 132 Å². The largest absolute Gasteiger partial charge is 0.461 e. The summed E-state index contributed by atoms with van der Waals surface area (Å²) in [5.41, 5.74) is 5.53. The third kappa shape index (κ3) is 2.51. The van der Waals surface area contributed by atoms with Crippen molar-refractivity contribution in [3.8, 4) is 0 Å². The van der Waals surface area contributed by atoms with Crippen LogP contribution >= 0.6 is 0 Å². The highest BCUT2D eigenvalue weighted by Crippen LogP contribution is 2.15. The minimum atomic E-state index is -0.578. The molecule has 0 saturated heterocycles. The van der Waals surface area contributed by atoms with Crippen molar-refractivity contribution in [1.29, 1.82) is 0 Å². The van der Waals surface area contributed by atoms with Crippen molar-refractivity contribution in [3.05, 3.63) is 18.1 Å². The van der Waals surface area contributed by atoms with Crippen molar-refractivity contribution in [2.24, 2.45) is 0 Å². The van der Waals surface area contributed by atoms with Gasteiger partial charge in [0, 0.05) is 0 Å². The van der Waals surface area contributed by atoms with Gasteiger partial charge in [-0.15, -0.1) is 10.2 Å². The monoisotopic (exact) mass is 249 g/mol. The molecule has 0 aliphatic carbocycles. The summed E-state index contributed by atoms with van der Waals surface area (Å²) in [4.78, 5) is 19.4. The summed E-state index contributed by atoms with van der Waals surface area (Å²) < 4.78 is 4.83. The number of nitrogens with two attached hydrogens (primary N) is 1. The molecule has 9 heteroatoms. The Balaban J connectivity index is 2.20. The van der Waals surface area contributed by atoms with Gasteiger partial charge < -0.3 is 15.8 Å². The molecule has 0 aliphatic rings. The van der Waals surface area contributed by atoms with E-state index in [2.05, 4.69) is 30.7 Å².